The van der Waals surface area contributed by atoms with Crippen molar-refractivity contribution < 1.29 is 0 Å². The Morgan fingerprint density at radius 3 is 1.12 bits per heavy atom. The lowest BCUT2D eigenvalue weighted by molar-refractivity contribution is 0.447. The third-order valence-electron chi connectivity index (χ3n) is 12.0. The van der Waals surface area contributed by atoms with E-state index < -0.39 is 16.1 Å². The maximum atomic E-state index is 2.75. The topological polar surface area (TPSA) is 0 Å². The van der Waals surface area contributed by atoms with Gasteiger partial charge in [-0.15, -0.1) is 0 Å². The molecule has 0 heterocycles. The summed E-state index contributed by atoms with van der Waals surface area (Å²) in [5, 5.41) is 3.38. The molecule has 2 heteroatoms. The summed E-state index contributed by atoms with van der Waals surface area (Å²) < 4.78 is 0. The Morgan fingerprint density at radius 2 is 0.791 bits per heavy atom. The molecule has 1 aliphatic rings. The molecule has 0 aliphatic heterocycles. The van der Waals surface area contributed by atoms with Gasteiger partial charge in [0.25, 0.3) is 0 Å². The van der Waals surface area contributed by atoms with Gasteiger partial charge in [0.15, 0.2) is 0 Å². The number of hydrogen-bond acceptors (Lipinski definition) is 0. The Morgan fingerprint density at radius 1 is 0.442 bits per heavy atom. The van der Waals surface area contributed by atoms with Crippen molar-refractivity contribution in [1.82, 2.24) is 0 Å². The third-order valence-corrected chi connectivity index (χ3v) is 23.2. The molecule has 0 atom stereocenters. The van der Waals surface area contributed by atoms with Crippen LogP contribution in [0.2, 0.25) is 36.3 Å². The van der Waals surface area contributed by atoms with Crippen LogP contribution >= 0.6 is 0 Å². The van der Waals surface area contributed by atoms with Crippen molar-refractivity contribution >= 4 is 26.5 Å². The van der Waals surface area contributed by atoms with Gasteiger partial charge in [-0.3, -0.25) is 0 Å². The normalized spacial score (nSPS) is 14.0. The minimum atomic E-state index is -1.53. The third kappa shape index (κ3) is 5.78. The number of hydrogen-bond donors (Lipinski definition) is 0. The Bertz CT molecular complexity index is 1350. The SMILES string of the molecule is CC[Si](CC)(CC)c1ccc2c(c1)C(CCc1ccccc1)(CCc1ccccc1)c1cc([Si](CC)(CC)CC)ccc1-2. The monoisotopic (exact) mass is 602 g/mol. The molecule has 0 radical (unpaired) electrons. The van der Waals surface area contributed by atoms with Crippen molar-refractivity contribution in [2.45, 2.75) is 109 Å². The van der Waals surface area contributed by atoms with Gasteiger partial charge in [-0.25, -0.2) is 0 Å². The van der Waals surface area contributed by atoms with Crippen molar-refractivity contribution in [2.24, 2.45) is 0 Å². The summed E-state index contributed by atoms with van der Waals surface area (Å²) in [5.74, 6) is 0. The second kappa shape index (κ2) is 13.5. The lowest BCUT2D eigenvalue weighted by Gasteiger charge is -2.36. The molecule has 43 heavy (non-hydrogen) atoms. The molecule has 0 unspecified atom stereocenters. The fourth-order valence-corrected chi connectivity index (χ4v) is 15.8. The molecule has 0 bridgehead atoms. The molecule has 0 N–H and O–H groups in total. The molecule has 5 rings (SSSR count). The molecule has 0 saturated heterocycles. The van der Waals surface area contributed by atoms with Crippen LogP contribution in [0.3, 0.4) is 0 Å². The predicted molar refractivity (Wildman–Crippen MR) is 196 cm³/mol. The van der Waals surface area contributed by atoms with Crippen LogP contribution in [0.5, 0.6) is 0 Å². The molecule has 1 aliphatic carbocycles. The molecular weight excluding hydrogens is 549 g/mol. The molecule has 0 amide bonds. The van der Waals surface area contributed by atoms with Crippen molar-refractivity contribution in [3.8, 4) is 11.1 Å². The molecular formula is C41H54Si2. The van der Waals surface area contributed by atoms with Gasteiger partial charge >= 0.3 is 0 Å². The van der Waals surface area contributed by atoms with Gasteiger partial charge in [-0.05, 0) is 59.1 Å². The lowest BCUT2D eigenvalue weighted by Crippen LogP contribution is -2.46. The smallest absolute Gasteiger partial charge is 0.0675 e. The molecule has 0 nitrogen and oxygen atoms in total. The zero-order chi connectivity index (χ0) is 30.5. The first kappa shape index (κ1) is 31.7. The molecule has 226 valence electrons. The first-order valence-corrected chi connectivity index (χ1v) is 22.6. The largest absolute Gasteiger partial charge is 0.0859 e. The van der Waals surface area contributed by atoms with E-state index in [-0.39, 0.29) is 5.41 Å². The molecule has 0 saturated carbocycles. The maximum Gasteiger partial charge on any atom is 0.0859 e. The Hall–Kier alpha value is -2.69. The van der Waals surface area contributed by atoms with Gasteiger partial charge in [0, 0.05) is 5.41 Å². The molecule has 0 fully saturated rings. The number of benzene rings is 4. The van der Waals surface area contributed by atoms with E-state index in [4.69, 9.17) is 0 Å². The van der Waals surface area contributed by atoms with Gasteiger partial charge in [-0.2, -0.15) is 0 Å². The minimum absolute atomic E-state index is 0.0209. The van der Waals surface area contributed by atoms with E-state index in [0.29, 0.717) is 0 Å². The second-order valence-corrected chi connectivity index (χ2v) is 23.8. The number of rotatable bonds is 14. The van der Waals surface area contributed by atoms with Crippen LogP contribution in [0, 0.1) is 0 Å². The minimum Gasteiger partial charge on any atom is -0.0675 e. The Labute approximate surface area is 265 Å². The highest BCUT2D eigenvalue weighted by molar-refractivity contribution is 6.92. The van der Waals surface area contributed by atoms with E-state index in [1.54, 1.807) is 21.5 Å². The average molecular weight is 603 g/mol. The highest BCUT2D eigenvalue weighted by atomic mass is 28.3. The molecule has 0 aromatic heterocycles. The lowest BCUT2D eigenvalue weighted by atomic mass is 9.70. The summed E-state index contributed by atoms with van der Waals surface area (Å²) in [7, 11) is -3.05. The van der Waals surface area contributed by atoms with Crippen LogP contribution in [0.15, 0.2) is 97.1 Å². The van der Waals surface area contributed by atoms with Crippen molar-refractivity contribution in [3.05, 3.63) is 119 Å². The maximum absolute atomic E-state index is 2.75. The zero-order valence-electron chi connectivity index (χ0n) is 27.8. The Kier molecular flexibility index (Phi) is 9.98. The first-order chi connectivity index (χ1) is 20.9. The molecule has 4 aromatic rings. The van der Waals surface area contributed by atoms with E-state index in [2.05, 4.69) is 139 Å². The molecule has 4 aromatic carbocycles. The second-order valence-electron chi connectivity index (χ2n) is 13.3. The summed E-state index contributed by atoms with van der Waals surface area (Å²) >= 11 is 0. The fraction of sp³-hybridized carbons (Fsp3) is 0.415. The summed E-state index contributed by atoms with van der Waals surface area (Å²) in [5.41, 5.74) is 9.22. The quantitative estimate of drug-likeness (QED) is 0.126. The van der Waals surface area contributed by atoms with Crippen LogP contribution in [-0.4, -0.2) is 16.1 Å². The summed E-state index contributed by atoms with van der Waals surface area (Å²) in [4.78, 5) is 0. The van der Waals surface area contributed by atoms with Crippen LogP contribution in [0.25, 0.3) is 11.1 Å². The molecule has 0 spiro atoms. The standard InChI is InChI=1S/C41H54Si2/c1-7-42(8-2,9-3)35-23-25-37-38-26-24-36(43(10-4,11-5)12-6)32-40(38)41(39(37)31-35,29-27-33-19-15-13-16-20-33)30-28-34-21-17-14-18-22-34/h13-26,31-32H,7-12,27-30H2,1-6H3. The average Bonchev–Trinajstić information content (AvgIpc) is 3.34. The van der Waals surface area contributed by atoms with Crippen LogP contribution in [0.1, 0.15) is 76.6 Å². The van der Waals surface area contributed by atoms with E-state index in [0.717, 1.165) is 25.7 Å². The van der Waals surface area contributed by atoms with Gasteiger partial charge in [0.2, 0.25) is 0 Å². The van der Waals surface area contributed by atoms with E-state index in [1.165, 1.54) is 58.5 Å². The first-order valence-electron chi connectivity index (χ1n) is 17.3. The summed E-state index contributed by atoms with van der Waals surface area (Å²) in [6.07, 6.45) is 4.54. The van der Waals surface area contributed by atoms with Gasteiger partial charge in [0.05, 0.1) is 16.1 Å². The van der Waals surface area contributed by atoms with Crippen molar-refractivity contribution in [3.63, 3.8) is 0 Å². The summed E-state index contributed by atoms with van der Waals surface area (Å²) in [6, 6.07) is 46.2. The van der Waals surface area contributed by atoms with Gasteiger partial charge < -0.3 is 0 Å². The highest BCUT2D eigenvalue weighted by Gasteiger charge is 2.45. The van der Waals surface area contributed by atoms with E-state index >= 15 is 0 Å². The van der Waals surface area contributed by atoms with Crippen molar-refractivity contribution in [1.29, 1.82) is 0 Å². The highest BCUT2D eigenvalue weighted by Crippen LogP contribution is 2.53. The van der Waals surface area contributed by atoms with Crippen LogP contribution in [-0.2, 0) is 18.3 Å². The summed E-state index contributed by atoms with van der Waals surface area (Å²) in [6.45, 7) is 14.7. The fourth-order valence-electron chi connectivity index (χ4n) is 8.55. The number of fused-ring (bicyclic) bond motifs is 3. The van der Waals surface area contributed by atoms with Crippen LogP contribution < -0.4 is 10.4 Å². The number of aryl methyl sites for hydroxylation is 2. The van der Waals surface area contributed by atoms with E-state index in [9.17, 15) is 0 Å². The van der Waals surface area contributed by atoms with Gasteiger partial charge in [0.1, 0.15) is 0 Å². The van der Waals surface area contributed by atoms with E-state index in [1.807, 2.05) is 0 Å². The van der Waals surface area contributed by atoms with Crippen molar-refractivity contribution in [2.75, 3.05) is 0 Å². The van der Waals surface area contributed by atoms with Crippen LogP contribution in [0.4, 0.5) is 0 Å². The predicted octanol–water partition coefficient (Wildman–Crippen LogP) is 10.6. The van der Waals surface area contributed by atoms with Gasteiger partial charge in [-0.1, -0.05) is 185 Å². The zero-order valence-corrected chi connectivity index (χ0v) is 29.8. The Balaban J connectivity index is 1.75.